The fourth-order valence-electron chi connectivity index (χ4n) is 1.44. The number of halogens is 1. The fraction of sp³-hybridized carbons (Fsp3) is 0.667. The summed E-state index contributed by atoms with van der Waals surface area (Å²) in [7, 11) is 1.65. The number of nitrogens with zero attached hydrogens (tertiary/aromatic N) is 2. The van der Waals surface area contributed by atoms with Crippen LogP contribution in [0.1, 0.15) is 24.0 Å². The standard InChI is InChI=1S/C12H19ClN2O2/c1-4-10-9(2)12(13)15-11(14-10)5-6-17-8-7-16-3/h4-8H2,1-3H3. The molecule has 1 aromatic rings. The van der Waals surface area contributed by atoms with Crippen LogP contribution in [0.2, 0.25) is 5.15 Å². The minimum absolute atomic E-state index is 0.545. The molecule has 0 atom stereocenters. The molecule has 0 unspecified atom stereocenters. The van der Waals surface area contributed by atoms with Gasteiger partial charge in [-0.05, 0) is 13.3 Å². The van der Waals surface area contributed by atoms with E-state index in [1.165, 1.54) is 0 Å². The molecule has 1 rings (SSSR count). The van der Waals surface area contributed by atoms with Crippen molar-refractivity contribution in [2.45, 2.75) is 26.7 Å². The van der Waals surface area contributed by atoms with Crippen LogP contribution in [0.3, 0.4) is 0 Å². The predicted molar refractivity (Wildman–Crippen MR) is 67.6 cm³/mol. The van der Waals surface area contributed by atoms with Gasteiger partial charge < -0.3 is 9.47 Å². The third-order valence-electron chi connectivity index (χ3n) is 2.47. The van der Waals surface area contributed by atoms with E-state index < -0.39 is 0 Å². The van der Waals surface area contributed by atoms with Gasteiger partial charge in [0.05, 0.1) is 19.8 Å². The molecular weight excluding hydrogens is 240 g/mol. The lowest BCUT2D eigenvalue weighted by atomic mass is 10.2. The van der Waals surface area contributed by atoms with Crippen molar-refractivity contribution in [2.75, 3.05) is 26.9 Å². The molecule has 4 nitrogen and oxygen atoms in total. The molecule has 1 heterocycles. The Bertz CT molecular complexity index is 359. The normalized spacial score (nSPS) is 10.8. The second-order valence-electron chi connectivity index (χ2n) is 3.71. The molecule has 5 heteroatoms. The van der Waals surface area contributed by atoms with E-state index in [0.29, 0.717) is 31.4 Å². The van der Waals surface area contributed by atoms with Gasteiger partial charge in [-0.3, -0.25) is 0 Å². The molecule has 17 heavy (non-hydrogen) atoms. The molecule has 0 radical (unpaired) electrons. The van der Waals surface area contributed by atoms with Crippen LogP contribution in [0.25, 0.3) is 0 Å². The van der Waals surface area contributed by atoms with Crippen molar-refractivity contribution in [1.82, 2.24) is 9.97 Å². The molecule has 0 spiro atoms. The number of methoxy groups -OCH3 is 1. The topological polar surface area (TPSA) is 44.2 Å². The second-order valence-corrected chi connectivity index (χ2v) is 4.07. The van der Waals surface area contributed by atoms with Gasteiger partial charge in [-0.25, -0.2) is 9.97 Å². The highest BCUT2D eigenvalue weighted by Crippen LogP contribution is 2.16. The van der Waals surface area contributed by atoms with E-state index in [4.69, 9.17) is 21.1 Å². The summed E-state index contributed by atoms with van der Waals surface area (Å²) >= 11 is 6.05. The Morgan fingerprint density at radius 1 is 1.18 bits per heavy atom. The zero-order valence-corrected chi connectivity index (χ0v) is 11.4. The summed E-state index contributed by atoms with van der Waals surface area (Å²) in [6, 6.07) is 0. The van der Waals surface area contributed by atoms with Crippen molar-refractivity contribution in [2.24, 2.45) is 0 Å². The van der Waals surface area contributed by atoms with Crippen molar-refractivity contribution in [1.29, 1.82) is 0 Å². The quantitative estimate of drug-likeness (QED) is 0.556. The van der Waals surface area contributed by atoms with Crippen LogP contribution < -0.4 is 0 Å². The first-order valence-corrected chi connectivity index (χ1v) is 6.15. The summed E-state index contributed by atoms with van der Waals surface area (Å²) < 4.78 is 10.3. The summed E-state index contributed by atoms with van der Waals surface area (Å²) in [5.41, 5.74) is 1.98. The van der Waals surface area contributed by atoms with E-state index in [2.05, 4.69) is 16.9 Å². The van der Waals surface area contributed by atoms with Crippen LogP contribution in [-0.4, -0.2) is 36.9 Å². The number of ether oxygens (including phenoxy) is 2. The lowest BCUT2D eigenvalue weighted by Crippen LogP contribution is -2.09. The van der Waals surface area contributed by atoms with Crippen LogP contribution in [0.4, 0.5) is 0 Å². The third kappa shape index (κ3) is 4.58. The summed E-state index contributed by atoms with van der Waals surface area (Å²) in [4.78, 5) is 8.70. The lowest BCUT2D eigenvalue weighted by Gasteiger charge is -2.08. The zero-order valence-electron chi connectivity index (χ0n) is 10.6. The average molecular weight is 259 g/mol. The van der Waals surface area contributed by atoms with Crippen molar-refractivity contribution in [3.63, 3.8) is 0 Å². The predicted octanol–water partition coefficient (Wildman–Crippen LogP) is 2.21. The van der Waals surface area contributed by atoms with Crippen LogP contribution in [0, 0.1) is 6.92 Å². The molecular formula is C12H19ClN2O2. The average Bonchev–Trinajstić information content (AvgIpc) is 2.33. The molecule has 0 N–H and O–H groups in total. The summed E-state index contributed by atoms with van der Waals surface area (Å²) in [6.45, 7) is 5.79. The van der Waals surface area contributed by atoms with Crippen LogP contribution in [0.15, 0.2) is 0 Å². The first-order chi connectivity index (χ1) is 8.19. The molecule has 1 aromatic heterocycles. The van der Waals surface area contributed by atoms with Crippen LogP contribution in [0.5, 0.6) is 0 Å². The number of hydrogen-bond acceptors (Lipinski definition) is 4. The highest BCUT2D eigenvalue weighted by molar-refractivity contribution is 6.30. The fourth-order valence-corrected chi connectivity index (χ4v) is 1.65. The van der Waals surface area contributed by atoms with Crippen molar-refractivity contribution in [3.05, 3.63) is 22.2 Å². The number of rotatable bonds is 7. The lowest BCUT2D eigenvalue weighted by molar-refractivity contribution is 0.0716. The summed E-state index contributed by atoms with van der Waals surface area (Å²) in [5, 5.41) is 0.545. The van der Waals surface area contributed by atoms with Crippen LogP contribution in [-0.2, 0) is 22.3 Å². The zero-order chi connectivity index (χ0) is 12.7. The van der Waals surface area contributed by atoms with E-state index in [9.17, 15) is 0 Å². The Kier molecular flexibility index (Phi) is 6.40. The maximum absolute atomic E-state index is 6.05. The smallest absolute Gasteiger partial charge is 0.135 e. The van der Waals surface area contributed by atoms with Gasteiger partial charge in [-0.15, -0.1) is 0 Å². The van der Waals surface area contributed by atoms with Gasteiger partial charge in [0.2, 0.25) is 0 Å². The van der Waals surface area contributed by atoms with Crippen molar-refractivity contribution >= 4 is 11.6 Å². The summed E-state index contributed by atoms with van der Waals surface area (Å²) in [6.07, 6.45) is 1.54. The molecule has 96 valence electrons. The molecule has 0 amide bonds. The highest BCUT2D eigenvalue weighted by Gasteiger charge is 2.07. The first-order valence-electron chi connectivity index (χ1n) is 5.77. The van der Waals surface area contributed by atoms with E-state index in [0.717, 1.165) is 23.5 Å². The molecule has 0 aliphatic heterocycles. The number of hydrogen-bond donors (Lipinski definition) is 0. The van der Waals surface area contributed by atoms with E-state index in [-0.39, 0.29) is 0 Å². The van der Waals surface area contributed by atoms with Gasteiger partial charge in [0.1, 0.15) is 11.0 Å². The Balaban J connectivity index is 2.51. The van der Waals surface area contributed by atoms with Crippen molar-refractivity contribution < 1.29 is 9.47 Å². The van der Waals surface area contributed by atoms with Gasteiger partial charge in [-0.2, -0.15) is 0 Å². The van der Waals surface area contributed by atoms with Crippen molar-refractivity contribution in [3.8, 4) is 0 Å². The second kappa shape index (κ2) is 7.58. The molecule has 0 aliphatic carbocycles. The van der Waals surface area contributed by atoms with Gasteiger partial charge in [-0.1, -0.05) is 18.5 Å². The number of aryl methyl sites for hydroxylation is 1. The number of aromatic nitrogens is 2. The monoisotopic (exact) mass is 258 g/mol. The molecule has 0 aromatic carbocycles. The van der Waals surface area contributed by atoms with E-state index in [1.807, 2.05) is 6.92 Å². The molecule has 0 saturated carbocycles. The Hall–Kier alpha value is -0.710. The summed E-state index contributed by atoms with van der Waals surface area (Å²) in [5.74, 6) is 0.745. The van der Waals surface area contributed by atoms with Gasteiger partial charge in [0.15, 0.2) is 0 Å². The molecule has 0 aliphatic rings. The van der Waals surface area contributed by atoms with E-state index >= 15 is 0 Å². The molecule has 0 fully saturated rings. The van der Waals surface area contributed by atoms with E-state index in [1.54, 1.807) is 7.11 Å². The third-order valence-corrected chi connectivity index (χ3v) is 2.84. The Morgan fingerprint density at radius 2 is 1.94 bits per heavy atom. The minimum Gasteiger partial charge on any atom is -0.382 e. The molecule has 0 bridgehead atoms. The maximum atomic E-state index is 6.05. The first kappa shape index (κ1) is 14.4. The largest absolute Gasteiger partial charge is 0.382 e. The Labute approximate surface area is 107 Å². The Morgan fingerprint density at radius 3 is 2.59 bits per heavy atom. The maximum Gasteiger partial charge on any atom is 0.135 e. The minimum atomic E-state index is 0.545. The highest BCUT2D eigenvalue weighted by atomic mass is 35.5. The SMILES string of the molecule is CCc1nc(CCOCCOC)nc(Cl)c1C. The van der Waals surface area contributed by atoms with Gasteiger partial charge in [0.25, 0.3) is 0 Å². The van der Waals surface area contributed by atoms with Gasteiger partial charge in [0, 0.05) is 24.8 Å². The van der Waals surface area contributed by atoms with Crippen LogP contribution >= 0.6 is 11.6 Å². The molecule has 0 saturated heterocycles. The van der Waals surface area contributed by atoms with Gasteiger partial charge >= 0.3 is 0 Å².